The monoisotopic (exact) mass is 296 g/mol. The van der Waals surface area contributed by atoms with E-state index in [4.69, 9.17) is 5.73 Å². The Morgan fingerprint density at radius 3 is 2.42 bits per heavy atom. The van der Waals surface area contributed by atoms with Gasteiger partial charge in [0.25, 0.3) is 0 Å². The Labute approximate surface area is 117 Å². The summed E-state index contributed by atoms with van der Waals surface area (Å²) in [4.78, 5) is 1.43. The van der Waals surface area contributed by atoms with Crippen LogP contribution in [-0.4, -0.2) is 14.2 Å². The number of sulfone groups is 1. The highest BCUT2D eigenvalue weighted by Crippen LogP contribution is 2.21. The van der Waals surface area contributed by atoms with Crippen molar-refractivity contribution in [3.63, 3.8) is 0 Å². The molecular formula is C13H16N2O2S2. The van der Waals surface area contributed by atoms with Crippen molar-refractivity contribution >= 4 is 32.5 Å². The lowest BCUT2D eigenvalue weighted by atomic mass is 10.3. The van der Waals surface area contributed by atoms with Gasteiger partial charge >= 0.3 is 0 Å². The summed E-state index contributed by atoms with van der Waals surface area (Å²) in [5.74, 6) is 0.117. The topological polar surface area (TPSA) is 72.2 Å². The van der Waals surface area contributed by atoms with Crippen LogP contribution in [0.1, 0.15) is 11.8 Å². The van der Waals surface area contributed by atoms with Crippen molar-refractivity contribution in [1.29, 1.82) is 0 Å². The molecule has 2 aromatic rings. The lowest BCUT2D eigenvalue weighted by Gasteiger charge is -2.07. The van der Waals surface area contributed by atoms with Crippen LogP contribution in [0.3, 0.4) is 0 Å². The third-order valence-corrected chi connectivity index (χ3v) is 5.51. The molecule has 1 aromatic heterocycles. The fourth-order valence-electron chi connectivity index (χ4n) is 1.62. The van der Waals surface area contributed by atoms with E-state index < -0.39 is 9.84 Å². The highest BCUT2D eigenvalue weighted by molar-refractivity contribution is 7.91. The number of nitrogen functional groups attached to an aromatic ring is 1. The Balaban J connectivity index is 2.06. The molecular weight excluding hydrogens is 280 g/mol. The number of nitrogens with one attached hydrogen (secondary N) is 1. The molecule has 1 aromatic carbocycles. The summed E-state index contributed by atoms with van der Waals surface area (Å²) in [6, 6.07) is 8.66. The van der Waals surface area contributed by atoms with Crippen LogP contribution in [0.5, 0.6) is 0 Å². The molecule has 0 amide bonds. The second kappa shape index (κ2) is 5.63. The minimum atomic E-state index is -3.13. The second-order valence-electron chi connectivity index (χ2n) is 4.08. The van der Waals surface area contributed by atoms with E-state index in [1.807, 2.05) is 11.4 Å². The van der Waals surface area contributed by atoms with Crippen LogP contribution in [0.15, 0.2) is 40.6 Å². The third-order valence-electron chi connectivity index (χ3n) is 2.83. The molecule has 0 atom stereocenters. The Kier molecular flexibility index (Phi) is 4.11. The third kappa shape index (κ3) is 3.27. The van der Waals surface area contributed by atoms with Crippen molar-refractivity contribution in [2.45, 2.75) is 18.4 Å². The maximum atomic E-state index is 11.7. The van der Waals surface area contributed by atoms with Crippen molar-refractivity contribution in [1.82, 2.24) is 0 Å². The van der Waals surface area contributed by atoms with Crippen LogP contribution in [-0.2, 0) is 16.4 Å². The number of anilines is 2. The van der Waals surface area contributed by atoms with Gasteiger partial charge in [0.15, 0.2) is 9.84 Å². The minimum absolute atomic E-state index is 0.117. The van der Waals surface area contributed by atoms with Crippen LogP contribution in [0, 0.1) is 0 Å². The van der Waals surface area contributed by atoms with Crippen molar-refractivity contribution < 1.29 is 8.42 Å². The van der Waals surface area contributed by atoms with E-state index in [1.54, 1.807) is 42.5 Å². The quantitative estimate of drug-likeness (QED) is 0.890. The maximum Gasteiger partial charge on any atom is 0.178 e. The molecule has 0 aliphatic rings. The summed E-state index contributed by atoms with van der Waals surface area (Å²) in [5.41, 5.74) is 7.45. The normalized spacial score (nSPS) is 11.4. The molecule has 0 aliphatic heterocycles. The molecule has 2 rings (SSSR count). The van der Waals surface area contributed by atoms with Gasteiger partial charge in [0.05, 0.1) is 17.2 Å². The molecule has 0 radical (unpaired) electrons. The van der Waals surface area contributed by atoms with Crippen LogP contribution in [0.2, 0.25) is 0 Å². The average Bonchev–Trinajstić information content (AvgIpc) is 2.82. The first-order valence-electron chi connectivity index (χ1n) is 5.91. The predicted molar refractivity (Wildman–Crippen MR) is 80.2 cm³/mol. The van der Waals surface area contributed by atoms with Gasteiger partial charge in [-0.05, 0) is 35.7 Å². The fourth-order valence-corrected chi connectivity index (χ4v) is 3.25. The highest BCUT2D eigenvalue weighted by atomic mass is 32.2. The molecule has 1 heterocycles. The van der Waals surface area contributed by atoms with Gasteiger partial charge in [-0.1, -0.05) is 6.92 Å². The van der Waals surface area contributed by atoms with Crippen molar-refractivity contribution in [2.24, 2.45) is 0 Å². The zero-order chi connectivity index (χ0) is 13.9. The van der Waals surface area contributed by atoms with E-state index in [0.29, 0.717) is 11.4 Å². The summed E-state index contributed by atoms with van der Waals surface area (Å²) >= 11 is 1.60. The molecule has 0 aliphatic carbocycles. The summed E-state index contributed by atoms with van der Waals surface area (Å²) in [6.07, 6.45) is 0. The molecule has 102 valence electrons. The van der Waals surface area contributed by atoms with Gasteiger partial charge in [0.1, 0.15) is 0 Å². The summed E-state index contributed by atoms with van der Waals surface area (Å²) < 4.78 is 23.3. The fraction of sp³-hybridized carbons (Fsp3) is 0.231. The molecule has 0 saturated carbocycles. The largest absolute Gasteiger partial charge is 0.398 e. The van der Waals surface area contributed by atoms with Crippen LogP contribution < -0.4 is 11.1 Å². The van der Waals surface area contributed by atoms with Crippen molar-refractivity contribution in [3.8, 4) is 0 Å². The highest BCUT2D eigenvalue weighted by Gasteiger charge is 2.10. The predicted octanol–water partition coefficient (Wildman–Crippen LogP) is 2.74. The van der Waals surface area contributed by atoms with Crippen molar-refractivity contribution in [2.75, 3.05) is 16.8 Å². The molecule has 0 bridgehead atoms. The summed E-state index contributed by atoms with van der Waals surface area (Å²) in [6.45, 7) is 2.28. The lowest BCUT2D eigenvalue weighted by molar-refractivity contribution is 0.597. The molecule has 0 unspecified atom stereocenters. The van der Waals surface area contributed by atoms with Crippen LogP contribution >= 0.6 is 11.3 Å². The van der Waals surface area contributed by atoms with E-state index in [-0.39, 0.29) is 5.75 Å². The van der Waals surface area contributed by atoms with Gasteiger partial charge in [-0.3, -0.25) is 0 Å². The molecule has 19 heavy (non-hydrogen) atoms. The number of thiophene rings is 1. The van der Waals surface area contributed by atoms with Crippen LogP contribution in [0.4, 0.5) is 11.4 Å². The molecule has 0 spiro atoms. The van der Waals surface area contributed by atoms with E-state index in [1.165, 1.54) is 0 Å². The number of hydrogen-bond donors (Lipinski definition) is 2. The minimum Gasteiger partial charge on any atom is -0.398 e. The van der Waals surface area contributed by atoms with Gasteiger partial charge in [0.2, 0.25) is 0 Å². The zero-order valence-corrected chi connectivity index (χ0v) is 12.2. The molecule has 0 fully saturated rings. The average molecular weight is 296 g/mol. The van der Waals surface area contributed by atoms with Crippen LogP contribution in [0.25, 0.3) is 0 Å². The molecule has 6 heteroatoms. The first-order valence-corrected chi connectivity index (χ1v) is 8.44. The van der Waals surface area contributed by atoms with Gasteiger partial charge in [-0.2, -0.15) is 0 Å². The second-order valence-corrected chi connectivity index (χ2v) is 7.36. The zero-order valence-electron chi connectivity index (χ0n) is 10.6. The van der Waals surface area contributed by atoms with E-state index in [9.17, 15) is 8.42 Å². The van der Waals surface area contributed by atoms with Gasteiger partial charge < -0.3 is 11.1 Å². The Morgan fingerprint density at radius 2 is 1.89 bits per heavy atom. The summed E-state index contributed by atoms with van der Waals surface area (Å²) in [5, 5.41) is 5.17. The number of benzene rings is 1. The van der Waals surface area contributed by atoms with E-state index >= 15 is 0 Å². The summed E-state index contributed by atoms with van der Waals surface area (Å²) in [7, 11) is -3.13. The Morgan fingerprint density at radius 1 is 1.21 bits per heavy atom. The maximum absolute atomic E-state index is 11.7. The molecule has 0 saturated heterocycles. The molecule has 3 N–H and O–H groups in total. The smallest absolute Gasteiger partial charge is 0.178 e. The number of rotatable bonds is 5. The Bertz CT molecular complexity index is 646. The standard InChI is InChI=1S/C13H16N2O2S2/c1-2-19(16,17)11-5-3-10(4-6-11)15-9-13-12(14)7-8-18-13/h3-8,15H,2,9,14H2,1H3. The van der Waals surface area contributed by atoms with Gasteiger partial charge in [-0.15, -0.1) is 11.3 Å². The first-order chi connectivity index (χ1) is 9.03. The van der Waals surface area contributed by atoms with Gasteiger partial charge in [0, 0.05) is 16.3 Å². The Hall–Kier alpha value is -1.53. The SMILES string of the molecule is CCS(=O)(=O)c1ccc(NCc2sccc2N)cc1. The van der Waals surface area contributed by atoms with Gasteiger partial charge in [-0.25, -0.2) is 8.42 Å². The lowest BCUT2D eigenvalue weighted by Crippen LogP contribution is -2.04. The first kappa shape index (κ1) is 13.9. The van der Waals surface area contributed by atoms with E-state index in [2.05, 4.69) is 5.32 Å². The van der Waals surface area contributed by atoms with E-state index in [0.717, 1.165) is 16.3 Å². The number of nitrogens with two attached hydrogens (primary N) is 1. The number of hydrogen-bond acceptors (Lipinski definition) is 5. The molecule has 4 nitrogen and oxygen atoms in total. The van der Waals surface area contributed by atoms with Crippen molar-refractivity contribution in [3.05, 3.63) is 40.6 Å².